The van der Waals surface area contributed by atoms with Crippen LogP contribution in [0, 0.1) is 6.92 Å². The van der Waals surface area contributed by atoms with E-state index in [-0.39, 0.29) is 11.7 Å². The lowest BCUT2D eigenvalue weighted by Crippen LogP contribution is -2.15. The number of benzene rings is 2. The average molecular weight is 359 g/mol. The third-order valence-electron chi connectivity index (χ3n) is 4.04. The van der Waals surface area contributed by atoms with Crippen LogP contribution in [0.2, 0.25) is 0 Å². The third-order valence-corrected chi connectivity index (χ3v) is 4.04. The zero-order valence-corrected chi connectivity index (χ0v) is 15.3. The van der Waals surface area contributed by atoms with Gasteiger partial charge in [-0.15, -0.1) is 0 Å². The van der Waals surface area contributed by atoms with Gasteiger partial charge in [0, 0.05) is 11.3 Å². The van der Waals surface area contributed by atoms with Gasteiger partial charge in [-0.05, 0) is 43.7 Å². The lowest BCUT2D eigenvalue weighted by atomic mass is 10.1. The van der Waals surface area contributed by atoms with Crippen LogP contribution in [-0.2, 0) is 11.2 Å². The molecule has 5 nitrogen and oxygen atoms in total. The fourth-order valence-corrected chi connectivity index (χ4v) is 2.72. The number of aromatic nitrogens is 1. The molecule has 3 aromatic rings. The Balaban J connectivity index is 1.61. The first kappa shape index (κ1) is 18.3. The summed E-state index contributed by atoms with van der Waals surface area (Å²) in [5.74, 6) is 0.405. The highest BCUT2D eigenvalue weighted by molar-refractivity contribution is 5.95. The second-order valence-corrected chi connectivity index (χ2v) is 6.41. The summed E-state index contributed by atoms with van der Waals surface area (Å²) in [5.41, 5.74) is 4.32. The highest BCUT2D eigenvalue weighted by Gasteiger charge is 2.06. The second kappa shape index (κ2) is 8.27. The summed E-state index contributed by atoms with van der Waals surface area (Å²) >= 11 is 0. The van der Waals surface area contributed by atoms with Gasteiger partial charge in [-0.2, -0.15) is 0 Å². The zero-order valence-electron chi connectivity index (χ0n) is 15.3. The molecule has 2 N–H and O–H groups in total. The molecule has 3 rings (SSSR count). The molecule has 0 aliphatic carbocycles. The van der Waals surface area contributed by atoms with Gasteiger partial charge in [0.25, 0.3) is 0 Å². The van der Waals surface area contributed by atoms with Crippen molar-refractivity contribution in [3.05, 3.63) is 83.6 Å². The summed E-state index contributed by atoms with van der Waals surface area (Å²) in [5, 5.41) is 6.00. The Kier molecular flexibility index (Phi) is 5.61. The Morgan fingerprint density at radius 3 is 2.48 bits per heavy atom. The summed E-state index contributed by atoms with van der Waals surface area (Å²) in [7, 11) is 0. The van der Waals surface area contributed by atoms with E-state index in [1.54, 1.807) is 24.4 Å². The van der Waals surface area contributed by atoms with Gasteiger partial charge in [0.05, 0.1) is 18.3 Å². The van der Waals surface area contributed by atoms with Crippen LogP contribution in [-0.4, -0.2) is 16.7 Å². The van der Waals surface area contributed by atoms with Crippen LogP contribution in [0.4, 0.5) is 17.2 Å². The number of hydrogen-bond acceptors (Lipinski definition) is 4. The molecule has 136 valence electrons. The van der Waals surface area contributed by atoms with Crippen molar-refractivity contribution in [1.82, 2.24) is 4.98 Å². The first-order chi connectivity index (χ1) is 13.0. The minimum Gasteiger partial charge on any atom is -0.354 e. The third kappa shape index (κ3) is 5.25. The quantitative estimate of drug-likeness (QED) is 0.635. The maximum Gasteiger partial charge on any atom is 0.229 e. The topological polar surface area (TPSA) is 71.1 Å². The molecule has 0 unspecified atom stereocenters. The maximum absolute atomic E-state index is 12.2. The number of pyridine rings is 1. The number of amides is 1. The molecule has 1 aromatic heterocycles. The molecule has 2 aromatic carbocycles. The first-order valence-corrected chi connectivity index (χ1v) is 8.69. The Bertz CT molecular complexity index is 965. The molecule has 0 fully saturated rings. The number of anilines is 3. The first-order valence-electron chi connectivity index (χ1n) is 8.69. The van der Waals surface area contributed by atoms with Crippen LogP contribution in [0.25, 0.3) is 0 Å². The lowest BCUT2D eigenvalue weighted by molar-refractivity contribution is -0.115. The monoisotopic (exact) mass is 359 g/mol. The number of aryl methyl sites for hydroxylation is 1. The van der Waals surface area contributed by atoms with Crippen LogP contribution < -0.4 is 10.6 Å². The van der Waals surface area contributed by atoms with Gasteiger partial charge in [-0.3, -0.25) is 9.59 Å². The molecule has 0 radical (unpaired) electrons. The van der Waals surface area contributed by atoms with Crippen molar-refractivity contribution in [2.24, 2.45) is 0 Å². The standard InChI is InChI=1S/C22H21N3O2/c1-15-5-3-6-17(11-15)12-22(27)25-21-10-9-20(14-23-21)24-19-8-4-7-18(13-19)16(2)26/h3-11,13-14,24H,12H2,1-2H3,(H,23,25,27). The van der Waals surface area contributed by atoms with Crippen LogP contribution in [0.15, 0.2) is 66.9 Å². The Morgan fingerprint density at radius 1 is 0.963 bits per heavy atom. The van der Waals surface area contributed by atoms with Crippen molar-refractivity contribution in [1.29, 1.82) is 0 Å². The summed E-state index contributed by atoms with van der Waals surface area (Å²) < 4.78 is 0. The van der Waals surface area contributed by atoms with Crippen molar-refractivity contribution in [2.45, 2.75) is 20.3 Å². The van der Waals surface area contributed by atoms with E-state index in [2.05, 4.69) is 15.6 Å². The predicted octanol–water partition coefficient (Wildman–Crippen LogP) is 4.52. The molecular formula is C22H21N3O2. The SMILES string of the molecule is CC(=O)c1cccc(Nc2ccc(NC(=O)Cc3cccc(C)c3)nc2)c1. The van der Waals surface area contributed by atoms with E-state index in [0.29, 0.717) is 17.8 Å². The highest BCUT2D eigenvalue weighted by Crippen LogP contribution is 2.18. The Hall–Kier alpha value is -3.47. The van der Waals surface area contributed by atoms with Crippen molar-refractivity contribution < 1.29 is 9.59 Å². The molecule has 0 bridgehead atoms. The fourth-order valence-electron chi connectivity index (χ4n) is 2.72. The van der Waals surface area contributed by atoms with E-state index in [9.17, 15) is 9.59 Å². The van der Waals surface area contributed by atoms with E-state index in [0.717, 1.165) is 22.5 Å². The number of nitrogens with one attached hydrogen (secondary N) is 2. The minimum atomic E-state index is -0.108. The zero-order chi connectivity index (χ0) is 19.2. The number of ketones is 1. The van der Waals surface area contributed by atoms with E-state index in [1.807, 2.05) is 49.4 Å². The van der Waals surface area contributed by atoms with Crippen molar-refractivity contribution in [2.75, 3.05) is 10.6 Å². The summed E-state index contributed by atoms with van der Waals surface area (Å²) in [6.45, 7) is 3.54. The van der Waals surface area contributed by atoms with Crippen molar-refractivity contribution in [3.63, 3.8) is 0 Å². The molecule has 1 amide bonds. The summed E-state index contributed by atoms with van der Waals surface area (Å²) in [4.78, 5) is 27.9. The number of carbonyl (C=O) groups is 2. The fraction of sp³-hybridized carbons (Fsp3) is 0.136. The largest absolute Gasteiger partial charge is 0.354 e. The number of hydrogen-bond donors (Lipinski definition) is 2. The molecule has 0 saturated heterocycles. The Labute approximate surface area is 158 Å². The van der Waals surface area contributed by atoms with Gasteiger partial charge in [0.15, 0.2) is 5.78 Å². The van der Waals surface area contributed by atoms with Gasteiger partial charge >= 0.3 is 0 Å². The van der Waals surface area contributed by atoms with E-state index in [1.165, 1.54) is 6.92 Å². The summed E-state index contributed by atoms with van der Waals surface area (Å²) in [6.07, 6.45) is 1.95. The number of Topliss-reactive ketones (excluding diaryl/α,β-unsaturated/α-hetero) is 1. The normalized spacial score (nSPS) is 10.3. The lowest BCUT2D eigenvalue weighted by Gasteiger charge is -2.09. The molecule has 27 heavy (non-hydrogen) atoms. The molecule has 0 saturated carbocycles. The van der Waals surface area contributed by atoms with Gasteiger partial charge < -0.3 is 10.6 Å². The molecule has 1 heterocycles. The van der Waals surface area contributed by atoms with Gasteiger partial charge in [0.2, 0.25) is 5.91 Å². The van der Waals surface area contributed by atoms with Crippen LogP contribution in [0.3, 0.4) is 0 Å². The summed E-state index contributed by atoms with van der Waals surface area (Å²) in [6, 6.07) is 18.7. The minimum absolute atomic E-state index is 0.0171. The van der Waals surface area contributed by atoms with Gasteiger partial charge in [-0.1, -0.05) is 42.0 Å². The molecule has 0 atom stereocenters. The smallest absolute Gasteiger partial charge is 0.229 e. The molecule has 0 spiro atoms. The molecule has 5 heteroatoms. The highest BCUT2D eigenvalue weighted by atomic mass is 16.1. The van der Waals surface area contributed by atoms with Crippen molar-refractivity contribution in [3.8, 4) is 0 Å². The van der Waals surface area contributed by atoms with Crippen LogP contribution >= 0.6 is 0 Å². The van der Waals surface area contributed by atoms with Gasteiger partial charge in [0.1, 0.15) is 5.82 Å². The van der Waals surface area contributed by atoms with Crippen LogP contribution in [0.1, 0.15) is 28.4 Å². The van der Waals surface area contributed by atoms with E-state index < -0.39 is 0 Å². The molecular weight excluding hydrogens is 338 g/mol. The van der Waals surface area contributed by atoms with Crippen LogP contribution in [0.5, 0.6) is 0 Å². The van der Waals surface area contributed by atoms with E-state index in [4.69, 9.17) is 0 Å². The van der Waals surface area contributed by atoms with Gasteiger partial charge in [-0.25, -0.2) is 4.98 Å². The molecule has 0 aliphatic heterocycles. The number of rotatable bonds is 6. The van der Waals surface area contributed by atoms with E-state index >= 15 is 0 Å². The van der Waals surface area contributed by atoms with Crippen molar-refractivity contribution >= 4 is 28.9 Å². The maximum atomic E-state index is 12.2. The average Bonchev–Trinajstić information content (AvgIpc) is 2.63. The Morgan fingerprint density at radius 2 is 1.78 bits per heavy atom. The second-order valence-electron chi connectivity index (χ2n) is 6.41. The predicted molar refractivity (Wildman–Crippen MR) is 107 cm³/mol. The molecule has 0 aliphatic rings. The number of carbonyl (C=O) groups excluding carboxylic acids is 2. The number of nitrogens with zero attached hydrogens (tertiary/aromatic N) is 1.